The predicted molar refractivity (Wildman–Crippen MR) is 256 cm³/mol. The molecule has 17 N–H and O–H groups in total. The standard InChI is InChI=1S/C46H67N7O25/c1-2-52(21-7-3-19(4-8-21)50-51-20-5-9-22(10-6-20)53(71)72)14-12-28(56)47-13-11-23(41(67)48-15-24-29(57)31(59)37(65)45(75-24)77-39-26(17-54)73-43(69)35(63)33(39)61)42(68)49-16-25-30(58)32(60)38(66)46(76-25)78-40-27(18-55)74-44(70)36(64)34(40)62/h3-10,23-27,29-40,43-46,54-55,57-66,69-70H,2,11-18H2,1H3,(H,47,56)(H,48,67)(H,49,68)/t23?,24-,25-,26-,27-,29+,30+,31+,32+,33-,34-,35-,36-,37-,38-,39-,40-,43?,44?,45+,46+/m1/s1. The minimum Gasteiger partial charge on any atom is -0.394 e. The van der Waals surface area contributed by atoms with Gasteiger partial charge in [0, 0.05) is 57.0 Å². The summed E-state index contributed by atoms with van der Waals surface area (Å²) in [5, 5.41) is 172. The van der Waals surface area contributed by atoms with Crippen LogP contribution in [-0.2, 0) is 42.8 Å². The Morgan fingerprint density at radius 2 is 1.04 bits per heavy atom. The highest BCUT2D eigenvalue weighted by Crippen LogP contribution is 2.31. The largest absolute Gasteiger partial charge is 0.394 e. The van der Waals surface area contributed by atoms with Crippen LogP contribution in [0.25, 0.3) is 0 Å². The molecule has 4 heterocycles. The molecule has 0 aromatic heterocycles. The molecule has 0 bridgehead atoms. The lowest BCUT2D eigenvalue weighted by atomic mass is 9.96. The molecule has 0 spiro atoms. The molecule has 6 rings (SSSR count). The van der Waals surface area contributed by atoms with Gasteiger partial charge < -0.3 is 121 Å². The Morgan fingerprint density at radius 3 is 1.45 bits per heavy atom. The van der Waals surface area contributed by atoms with Gasteiger partial charge >= 0.3 is 0 Å². The van der Waals surface area contributed by atoms with Gasteiger partial charge in [-0.25, -0.2) is 0 Å². The number of aliphatic hydroxyl groups excluding tert-OH is 14. The molecule has 20 atom stereocenters. The van der Waals surface area contributed by atoms with Gasteiger partial charge in [0.05, 0.1) is 29.5 Å². The summed E-state index contributed by atoms with van der Waals surface area (Å²) in [6.07, 6.45) is -37.6. The third-order valence-corrected chi connectivity index (χ3v) is 13.5. The zero-order valence-corrected chi connectivity index (χ0v) is 41.6. The van der Waals surface area contributed by atoms with Crippen LogP contribution in [0, 0.1) is 16.0 Å². The van der Waals surface area contributed by atoms with E-state index >= 15 is 0 Å². The fourth-order valence-electron chi connectivity index (χ4n) is 8.84. The average Bonchev–Trinajstić information content (AvgIpc) is 3.54. The summed E-state index contributed by atoms with van der Waals surface area (Å²) in [6, 6.07) is 12.3. The summed E-state index contributed by atoms with van der Waals surface area (Å²) >= 11 is 0. The van der Waals surface area contributed by atoms with Crippen molar-refractivity contribution in [2.75, 3.05) is 50.8 Å². The SMILES string of the molecule is CCN(CCC(=O)NCCC(C(=O)NC[C@H]1O[C@@H](O[C@H]2[C@H](O)[C@@H](O)C(O)O[C@@H]2CO)[C@H](O)[C@@H](O)[C@H]1O)C(=O)NC[C@H]1O[C@@H](O[C@H]2[C@H](O)[C@@H](O)C(O)O[C@@H]2CO)[C@H](O)[C@@H](O)[C@H]1O)c1ccc(N=Nc2ccc([N+](=O)[O-])cc2)cc1. The number of anilines is 1. The number of amides is 3. The van der Waals surface area contributed by atoms with E-state index in [0.717, 1.165) is 0 Å². The fraction of sp³-hybridized carbons (Fsp3) is 0.674. The van der Waals surface area contributed by atoms with Crippen LogP contribution in [0.5, 0.6) is 0 Å². The Hall–Kier alpha value is -5.15. The number of azo groups is 1. The summed E-state index contributed by atoms with van der Waals surface area (Å²) in [4.78, 5) is 53.4. The minimum atomic E-state index is -2.04. The Morgan fingerprint density at radius 1 is 0.603 bits per heavy atom. The number of hydrogen-bond acceptors (Lipinski definition) is 28. The highest BCUT2D eigenvalue weighted by Gasteiger charge is 2.52. The van der Waals surface area contributed by atoms with Crippen molar-refractivity contribution in [3.63, 3.8) is 0 Å². The highest BCUT2D eigenvalue weighted by atomic mass is 16.7. The second-order valence-electron chi connectivity index (χ2n) is 18.7. The lowest BCUT2D eigenvalue weighted by molar-refractivity contribution is -0.384. The number of nitrogens with one attached hydrogen (secondary N) is 3. The summed E-state index contributed by atoms with van der Waals surface area (Å²) in [7, 11) is 0. The van der Waals surface area contributed by atoms with Crippen molar-refractivity contribution in [1.82, 2.24) is 16.0 Å². The molecule has 0 radical (unpaired) electrons. The molecule has 4 aliphatic rings. The quantitative estimate of drug-likeness (QED) is 0.0213. The lowest BCUT2D eigenvalue weighted by Gasteiger charge is -2.45. The molecule has 2 unspecified atom stereocenters. The number of benzene rings is 2. The van der Waals surface area contributed by atoms with E-state index in [1.54, 1.807) is 24.3 Å². The first-order valence-corrected chi connectivity index (χ1v) is 24.7. The average molecular weight is 1120 g/mol. The van der Waals surface area contributed by atoms with Gasteiger partial charge in [0.2, 0.25) is 17.7 Å². The number of aliphatic hydroxyl groups is 14. The van der Waals surface area contributed by atoms with Crippen molar-refractivity contribution >= 4 is 40.5 Å². The van der Waals surface area contributed by atoms with Crippen LogP contribution in [0.15, 0.2) is 58.8 Å². The maximum absolute atomic E-state index is 13.9. The minimum absolute atomic E-state index is 0.0770. The van der Waals surface area contributed by atoms with E-state index in [-0.39, 0.29) is 25.2 Å². The maximum Gasteiger partial charge on any atom is 0.269 e. The van der Waals surface area contributed by atoms with Crippen molar-refractivity contribution in [1.29, 1.82) is 0 Å². The smallest absolute Gasteiger partial charge is 0.269 e. The Kier molecular flexibility index (Phi) is 22.5. The molecule has 2 aromatic rings. The van der Waals surface area contributed by atoms with Crippen molar-refractivity contribution < 1.29 is 119 Å². The molecule has 2 aromatic carbocycles. The first-order valence-electron chi connectivity index (χ1n) is 24.7. The molecule has 0 saturated carbocycles. The van der Waals surface area contributed by atoms with Gasteiger partial charge in [-0.1, -0.05) is 0 Å². The number of carbonyl (C=O) groups excluding carboxylic acids is 3. The summed E-state index contributed by atoms with van der Waals surface area (Å²) < 4.78 is 32.5. The molecule has 3 amide bonds. The van der Waals surface area contributed by atoms with Crippen LogP contribution in [-0.4, -0.2) is 263 Å². The summed E-state index contributed by atoms with van der Waals surface area (Å²) in [5.41, 5.74) is 1.48. The number of nitro benzene ring substituents is 1. The monoisotopic (exact) mass is 1120 g/mol. The Labute approximate surface area is 443 Å². The van der Waals surface area contributed by atoms with Gasteiger partial charge in [-0.2, -0.15) is 10.2 Å². The molecule has 32 nitrogen and oxygen atoms in total. The van der Waals surface area contributed by atoms with E-state index in [1.807, 2.05) is 11.8 Å². The zero-order chi connectivity index (χ0) is 57.1. The van der Waals surface area contributed by atoms with Crippen LogP contribution in [0.1, 0.15) is 19.8 Å². The van der Waals surface area contributed by atoms with Crippen molar-refractivity contribution in [2.45, 2.75) is 143 Å². The van der Waals surface area contributed by atoms with Crippen LogP contribution >= 0.6 is 0 Å². The number of non-ortho nitro benzene ring substituents is 1. The van der Waals surface area contributed by atoms with Crippen LogP contribution in [0.3, 0.4) is 0 Å². The molecular formula is C46H67N7O25. The van der Waals surface area contributed by atoms with E-state index in [2.05, 4.69) is 26.2 Å². The number of nitrogens with zero attached hydrogens (tertiary/aromatic N) is 4. The Balaban J connectivity index is 1.10. The number of rotatable bonds is 23. The lowest BCUT2D eigenvalue weighted by Crippen LogP contribution is -2.65. The molecule has 32 heteroatoms. The molecule has 4 aliphatic heterocycles. The molecule has 4 fully saturated rings. The normalized spacial score (nSPS) is 35.6. The number of hydrogen-bond donors (Lipinski definition) is 17. The molecular weight excluding hydrogens is 1050 g/mol. The van der Waals surface area contributed by atoms with Gasteiger partial charge in [-0.3, -0.25) is 24.5 Å². The van der Waals surface area contributed by atoms with Crippen LogP contribution < -0.4 is 20.9 Å². The van der Waals surface area contributed by atoms with E-state index < -0.39 is 184 Å². The molecule has 4 saturated heterocycles. The number of ether oxygens (including phenoxy) is 6. The maximum atomic E-state index is 13.9. The summed E-state index contributed by atoms with van der Waals surface area (Å²) in [6.45, 7) is -0.963. The summed E-state index contributed by atoms with van der Waals surface area (Å²) in [5.74, 6) is -4.41. The fourth-order valence-corrected chi connectivity index (χ4v) is 8.84. The predicted octanol–water partition coefficient (Wildman–Crippen LogP) is -7.17. The van der Waals surface area contributed by atoms with Crippen LogP contribution in [0.4, 0.5) is 22.7 Å². The number of nitro groups is 1. The van der Waals surface area contributed by atoms with E-state index in [1.165, 1.54) is 24.3 Å². The van der Waals surface area contributed by atoms with Gasteiger partial charge in [0.1, 0.15) is 104 Å². The first kappa shape index (κ1) is 62.1. The van der Waals surface area contributed by atoms with Crippen molar-refractivity contribution in [3.05, 3.63) is 58.6 Å². The van der Waals surface area contributed by atoms with Crippen LogP contribution in [0.2, 0.25) is 0 Å². The molecule has 78 heavy (non-hydrogen) atoms. The zero-order valence-electron chi connectivity index (χ0n) is 41.6. The van der Waals surface area contributed by atoms with Crippen molar-refractivity contribution in [3.8, 4) is 0 Å². The molecule has 0 aliphatic carbocycles. The third-order valence-electron chi connectivity index (χ3n) is 13.5. The van der Waals surface area contributed by atoms with Crippen molar-refractivity contribution in [2.24, 2.45) is 16.1 Å². The van der Waals surface area contributed by atoms with E-state index in [9.17, 15) is 96.0 Å². The molecule has 436 valence electrons. The van der Waals surface area contributed by atoms with Gasteiger partial charge in [0.25, 0.3) is 5.69 Å². The second kappa shape index (κ2) is 28.3. The van der Waals surface area contributed by atoms with E-state index in [0.29, 0.717) is 23.6 Å². The van der Waals surface area contributed by atoms with Gasteiger partial charge in [-0.15, -0.1) is 0 Å². The highest BCUT2D eigenvalue weighted by molar-refractivity contribution is 6.00. The van der Waals surface area contributed by atoms with E-state index in [4.69, 9.17) is 28.4 Å². The first-order chi connectivity index (χ1) is 37.1. The number of carbonyl (C=O) groups is 3. The van der Waals surface area contributed by atoms with Gasteiger partial charge in [0.15, 0.2) is 25.2 Å². The Bertz CT molecular complexity index is 2210. The topological polar surface area (TPSA) is 497 Å². The second-order valence-corrected chi connectivity index (χ2v) is 18.7. The van der Waals surface area contributed by atoms with Gasteiger partial charge in [-0.05, 0) is 49.7 Å². The third kappa shape index (κ3) is 15.2.